The summed E-state index contributed by atoms with van der Waals surface area (Å²) in [6, 6.07) is 13.9. The lowest BCUT2D eigenvalue weighted by molar-refractivity contribution is -0.137. The fourth-order valence-electron chi connectivity index (χ4n) is 4.01. The molecule has 0 N–H and O–H groups in total. The molecule has 6 nitrogen and oxygen atoms in total. The number of halogens is 4. The SMILES string of the molecule is O=C(CCCn1nc(-c2ccc(F)cc2)ccc1=O)N1CCN(c2cccc(C(F)(F)F)c2)CC1. The molecule has 10 heteroatoms. The fraction of sp³-hybridized carbons (Fsp3) is 0.320. The minimum Gasteiger partial charge on any atom is -0.368 e. The molecule has 0 aliphatic carbocycles. The standard InChI is InChI=1S/C25H24F4N4O2/c26-20-8-6-18(7-9-20)22-10-11-24(35)33(30-22)12-2-5-23(34)32-15-13-31(14-16-32)21-4-1-3-19(17-21)25(27,28)29/h1,3-4,6-11,17H,2,5,12-16H2. The zero-order chi connectivity index (χ0) is 25.0. The predicted molar refractivity (Wildman–Crippen MR) is 123 cm³/mol. The fourth-order valence-corrected chi connectivity index (χ4v) is 4.01. The first kappa shape index (κ1) is 24.4. The van der Waals surface area contributed by atoms with Crippen LogP contribution in [0.3, 0.4) is 0 Å². The number of amides is 1. The Morgan fingerprint density at radius 1 is 0.943 bits per heavy atom. The summed E-state index contributed by atoms with van der Waals surface area (Å²) in [7, 11) is 0. The van der Waals surface area contributed by atoms with Gasteiger partial charge in [0, 0.05) is 56.5 Å². The second-order valence-electron chi connectivity index (χ2n) is 8.31. The summed E-state index contributed by atoms with van der Waals surface area (Å²) in [6.07, 6.45) is -3.77. The van der Waals surface area contributed by atoms with Gasteiger partial charge in [0.05, 0.1) is 11.3 Å². The van der Waals surface area contributed by atoms with Crippen LogP contribution >= 0.6 is 0 Å². The minimum absolute atomic E-state index is 0.0727. The van der Waals surface area contributed by atoms with Gasteiger partial charge in [-0.1, -0.05) is 6.07 Å². The van der Waals surface area contributed by atoms with Crippen LogP contribution in [0.5, 0.6) is 0 Å². The molecule has 0 unspecified atom stereocenters. The van der Waals surface area contributed by atoms with Crippen molar-refractivity contribution in [1.82, 2.24) is 14.7 Å². The van der Waals surface area contributed by atoms with Crippen molar-refractivity contribution in [3.05, 3.63) is 82.4 Å². The Bertz CT molecular complexity index is 1230. The van der Waals surface area contributed by atoms with Crippen LogP contribution in [-0.4, -0.2) is 46.8 Å². The molecule has 0 atom stereocenters. The molecule has 0 bridgehead atoms. The third kappa shape index (κ3) is 6.06. The molecule has 184 valence electrons. The second-order valence-corrected chi connectivity index (χ2v) is 8.31. The number of benzene rings is 2. The predicted octanol–water partition coefficient (Wildman–Crippen LogP) is 4.20. The van der Waals surface area contributed by atoms with Crippen molar-refractivity contribution in [3.8, 4) is 11.3 Å². The van der Waals surface area contributed by atoms with Gasteiger partial charge >= 0.3 is 6.18 Å². The van der Waals surface area contributed by atoms with Crippen molar-refractivity contribution in [2.45, 2.75) is 25.6 Å². The summed E-state index contributed by atoms with van der Waals surface area (Å²) in [5.74, 6) is -0.437. The summed E-state index contributed by atoms with van der Waals surface area (Å²) < 4.78 is 53.4. The summed E-state index contributed by atoms with van der Waals surface area (Å²) in [5.41, 5.74) is 0.703. The number of carbonyl (C=O) groups is 1. The Morgan fingerprint density at radius 2 is 1.66 bits per heavy atom. The largest absolute Gasteiger partial charge is 0.416 e. The topological polar surface area (TPSA) is 58.4 Å². The number of carbonyl (C=O) groups excluding carboxylic acids is 1. The molecule has 1 fully saturated rings. The Kier molecular flexibility index (Phi) is 7.18. The van der Waals surface area contributed by atoms with Crippen molar-refractivity contribution < 1.29 is 22.4 Å². The number of anilines is 1. The van der Waals surface area contributed by atoms with E-state index in [2.05, 4.69) is 5.10 Å². The van der Waals surface area contributed by atoms with Crippen LogP contribution in [-0.2, 0) is 17.5 Å². The molecule has 1 aliphatic heterocycles. The molecule has 2 heterocycles. The van der Waals surface area contributed by atoms with Gasteiger partial charge in [-0.3, -0.25) is 9.59 Å². The van der Waals surface area contributed by atoms with Gasteiger partial charge in [0.15, 0.2) is 0 Å². The lowest BCUT2D eigenvalue weighted by Crippen LogP contribution is -2.48. The first-order chi connectivity index (χ1) is 16.7. The smallest absolute Gasteiger partial charge is 0.368 e. The zero-order valence-corrected chi connectivity index (χ0v) is 18.8. The highest BCUT2D eigenvalue weighted by Crippen LogP contribution is 2.32. The van der Waals surface area contributed by atoms with E-state index >= 15 is 0 Å². The van der Waals surface area contributed by atoms with Crippen LogP contribution in [0.2, 0.25) is 0 Å². The number of aromatic nitrogens is 2. The van der Waals surface area contributed by atoms with E-state index in [1.165, 1.54) is 28.9 Å². The molecular formula is C25H24F4N4O2. The quantitative estimate of drug-likeness (QED) is 0.488. The maximum Gasteiger partial charge on any atom is 0.416 e. The van der Waals surface area contributed by atoms with E-state index in [1.54, 1.807) is 29.2 Å². The lowest BCUT2D eigenvalue weighted by Gasteiger charge is -2.36. The van der Waals surface area contributed by atoms with Crippen molar-refractivity contribution >= 4 is 11.6 Å². The third-order valence-corrected chi connectivity index (χ3v) is 5.94. The van der Waals surface area contributed by atoms with E-state index in [4.69, 9.17) is 0 Å². The van der Waals surface area contributed by atoms with Gasteiger partial charge in [-0.25, -0.2) is 9.07 Å². The van der Waals surface area contributed by atoms with E-state index in [9.17, 15) is 27.2 Å². The molecule has 0 spiro atoms. The minimum atomic E-state index is -4.40. The summed E-state index contributed by atoms with van der Waals surface area (Å²) in [5, 5.41) is 4.32. The maximum absolute atomic E-state index is 13.2. The molecule has 0 saturated carbocycles. The molecular weight excluding hydrogens is 464 g/mol. The summed E-state index contributed by atoms with van der Waals surface area (Å²) >= 11 is 0. The molecule has 4 rings (SSSR count). The van der Waals surface area contributed by atoms with Gasteiger partial charge < -0.3 is 9.80 Å². The zero-order valence-electron chi connectivity index (χ0n) is 18.8. The van der Waals surface area contributed by atoms with E-state index in [0.29, 0.717) is 49.5 Å². The number of nitrogens with zero attached hydrogens (tertiary/aromatic N) is 4. The molecule has 35 heavy (non-hydrogen) atoms. The van der Waals surface area contributed by atoms with Gasteiger partial charge in [-0.2, -0.15) is 18.3 Å². The molecule has 0 radical (unpaired) electrons. The maximum atomic E-state index is 13.2. The molecule has 1 aromatic heterocycles. The highest BCUT2D eigenvalue weighted by Gasteiger charge is 2.31. The number of hydrogen-bond acceptors (Lipinski definition) is 4. The Hall–Kier alpha value is -3.69. The summed E-state index contributed by atoms with van der Waals surface area (Å²) in [4.78, 5) is 28.3. The monoisotopic (exact) mass is 488 g/mol. The Labute approximate surface area is 199 Å². The number of alkyl halides is 3. The lowest BCUT2D eigenvalue weighted by atomic mass is 10.1. The van der Waals surface area contributed by atoms with E-state index in [0.717, 1.165) is 12.1 Å². The van der Waals surface area contributed by atoms with E-state index in [1.807, 2.05) is 4.90 Å². The van der Waals surface area contributed by atoms with Gasteiger partial charge in [-0.05, 0) is 55.0 Å². The molecule has 1 amide bonds. The Morgan fingerprint density at radius 3 is 2.34 bits per heavy atom. The van der Waals surface area contributed by atoms with Gasteiger partial charge in [0.1, 0.15) is 5.82 Å². The van der Waals surface area contributed by atoms with Crippen LogP contribution in [0.15, 0.2) is 65.5 Å². The first-order valence-corrected chi connectivity index (χ1v) is 11.2. The Balaban J connectivity index is 1.29. The van der Waals surface area contributed by atoms with Crippen LogP contribution in [0.4, 0.5) is 23.2 Å². The van der Waals surface area contributed by atoms with Crippen LogP contribution in [0.25, 0.3) is 11.3 Å². The number of rotatable bonds is 6. The van der Waals surface area contributed by atoms with E-state index in [-0.39, 0.29) is 30.2 Å². The molecule has 3 aromatic rings. The van der Waals surface area contributed by atoms with Gasteiger partial charge in [0.2, 0.25) is 5.91 Å². The number of aryl methyl sites for hydroxylation is 1. The van der Waals surface area contributed by atoms with Gasteiger partial charge in [-0.15, -0.1) is 0 Å². The number of piperazine rings is 1. The first-order valence-electron chi connectivity index (χ1n) is 11.2. The van der Waals surface area contributed by atoms with Crippen molar-refractivity contribution in [2.75, 3.05) is 31.1 Å². The molecule has 1 aliphatic rings. The van der Waals surface area contributed by atoms with Crippen LogP contribution in [0, 0.1) is 5.82 Å². The molecule has 1 saturated heterocycles. The average Bonchev–Trinajstić information content (AvgIpc) is 2.85. The van der Waals surface area contributed by atoms with Crippen molar-refractivity contribution in [3.63, 3.8) is 0 Å². The highest BCUT2D eigenvalue weighted by atomic mass is 19.4. The third-order valence-electron chi connectivity index (χ3n) is 5.94. The van der Waals surface area contributed by atoms with Crippen molar-refractivity contribution in [1.29, 1.82) is 0 Å². The van der Waals surface area contributed by atoms with Crippen LogP contribution in [0.1, 0.15) is 18.4 Å². The van der Waals surface area contributed by atoms with E-state index < -0.39 is 11.7 Å². The normalized spacial score (nSPS) is 14.3. The molecule has 2 aromatic carbocycles. The average molecular weight is 488 g/mol. The second kappa shape index (κ2) is 10.3. The van der Waals surface area contributed by atoms with Gasteiger partial charge in [0.25, 0.3) is 5.56 Å². The summed E-state index contributed by atoms with van der Waals surface area (Å²) in [6.45, 7) is 1.95. The number of hydrogen-bond donors (Lipinski definition) is 0. The van der Waals surface area contributed by atoms with Crippen LogP contribution < -0.4 is 10.5 Å². The van der Waals surface area contributed by atoms with Crippen molar-refractivity contribution in [2.24, 2.45) is 0 Å². The highest BCUT2D eigenvalue weighted by molar-refractivity contribution is 5.76.